The van der Waals surface area contributed by atoms with Crippen molar-refractivity contribution in [3.05, 3.63) is 16.1 Å². The Bertz CT molecular complexity index is 444. The van der Waals surface area contributed by atoms with E-state index in [0.717, 1.165) is 19.7 Å². The summed E-state index contributed by atoms with van der Waals surface area (Å²) in [4.78, 5) is 7.42. The zero-order valence-corrected chi connectivity index (χ0v) is 12.0. The SMILES string of the molecule is c1sc(C2CN3CCCC3CO2)nc1C1CCCN1. The van der Waals surface area contributed by atoms with E-state index in [0.29, 0.717) is 12.1 Å². The second kappa shape index (κ2) is 5.13. The Labute approximate surface area is 118 Å². The molecule has 3 aliphatic heterocycles. The summed E-state index contributed by atoms with van der Waals surface area (Å²) in [7, 11) is 0. The predicted octanol–water partition coefficient (Wildman–Crippen LogP) is 2.10. The molecule has 1 aromatic heterocycles. The van der Waals surface area contributed by atoms with Gasteiger partial charge in [-0.1, -0.05) is 0 Å². The number of nitrogens with one attached hydrogen (secondary N) is 1. The maximum atomic E-state index is 6.04. The van der Waals surface area contributed by atoms with Crippen molar-refractivity contribution < 1.29 is 4.74 Å². The molecule has 3 fully saturated rings. The Morgan fingerprint density at radius 1 is 1.37 bits per heavy atom. The highest BCUT2D eigenvalue weighted by Gasteiger charge is 2.34. The van der Waals surface area contributed by atoms with E-state index in [1.54, 1.807) is 11.3 Å². The van der Waals surface area contributed by atoms with Crippen molar-refractivity contribution in [1.29, 1.82) is 0 Å². The predicted molar refractivity (Wildman–Crippen MR) is 75.4 cm³/mol. The van der Waals surface area contributed by atoms with Crippen molar-refractivity contribution in [2.45, 2.75) is 43.9 Å². The van der Waals surface area contributed by atoms with Gasteiger partial charge in [0.05, 0.1) is 18.3 Å². The van der Waals surface area contributed by atoms with Crippen LogP contribution in [0.3, 0.4) is 0 Å². The van der Waals surface area contributed by atoms with Crippen LogP contribution in [0.2, 0.25) is 0 Å². The molecule has 4 nitrogen and oxygen atoms in total. The van der Waals surface area contributed by atoms with Crippen molar-refractivity contribution in [2.24, 2.45) is 0 Å². The first-order chi connectivity index (χ1) is 9.40. The second-order valence-electron chi connectivity index (χ2n) is 5.87. The van der Waals surface area contributed by atoms with Crippen LogP contribution in [0.25, 0.3) is 0 Å². The molecule has 4 rings (SSSR count). The standard InChI is InChI=1S/C14H21N3OS/c1-4-11(15-5-1)12-9-19-14(16-12)13-7-17-6-2-3-10(17)8-18-13/h9-11,13,15H,1-8H2. The van der Waals surface area contributed by atoms with Gasteiger partial charge in [0.1, 0.15) is 11.1 Å². The van der Waals surface area contributed by atoms with E-state index in [4.69, 9.17) is 9.72 Å². The number of nitrogens with zero attached hydrogens (tertiary/aromatic N) is 2. The fourth-order valence-electron chi connectivity index (χ4n) is 3.51. The van der Waals surface area contributed by atoms with Crippen molar-refractivity contribution in [3.8, 4) is 0 Å². The molecule has 0 aliphatic carbocycles. The quantitative estimate of drug-likeness (QED) is 0.899. The van der Waals surface area contributed by atoms with Crippen LogP contribution in [0.5, 0.6) is 0 Å². The lowest BCUT2D eigenvalue weighted by atomic mass is 10.2. The van der Waals surface area contributed by atoms with E-state index in [1.807, 2.05) is 0 Å². The summed E-state index contributed by atoms with van der Waals surface area (Å²) in [6.45, 7) is 4.30. The van der Waals surface area contributed by atoms with Gasteiger partial charge in [-0.3, -0.25) is 4.90 Å². The van der Waals surface area contributed by atoms with Crippen molar-refractivity contribution in [2.75, 3.05) is 26.2 Å². The minimum atomic E-state index is 0.203. The molecule has 0 amide bonds. The lowest BCUT2D eigenvalue weighted by molar-refractivity contribution is -0.0503. The summed E-state index contributed by atoms with van der Waals surface area (Å²) in [5, 5.41) is 6.91. The maximum Gasteiger partial charge on any atom is 0.123 e. The Morgan fingerprint density at radius 2 is 2.37 bits per heavy atom. The van der Waals surface area contributed by atoms with Crippen LogP contribution in [-0.4, -0.2) is 42.2 Å². The first-order valence-corrected chi connectivity index (χ1v) is 8.32. The summed E-state index contributed by atoms with van der Waals surface area (Å²) < 4.78 is 6.04. The van der Waals surface area contributed by atoms with Gasteiger partial charge in [-0.25, -0.2) is 4.98 Å². The highest BCUT2D eigenvalue weighted by atomic mass is 32.1. The number of fused-ring (bicyclic) bond motifs is 1. The van der Waals surface area contributed by atoms with Gasteiger partial charge in [-0.15, -0.1) is 11.3 Å². The van der Waals surface area contributed by atoms with E-state index < -0.39 is 0 Å². The number of rotatable bonds is 2. The molecule has 3 aliphatic rings. The highest BCUT2D eigenvalue weighted by Crippen LogP contribution is 2.33. The summed E-state index contributed by atoms with van der Waals surface area (Å²) in [5.74, 6) is 0. The molecule has 3 saturated heterocycles. The third-order valence-corrected chi connectivity index (χ3v) is 5.58. The summed E-state index contributed by atoms with van der Waals surface area (Å²) in [6, 6.07) is 1.15. The van der Waals surface area contributed by atoms with E-state index >= 15 is 0 Å². The topological polar surface area (TPSA) is 37.4 Å². The van der Waals surface area contributed by atoms with Gasteiger partial charge in [-0.2, -0.15) is 0 Å². The third kappa shape index (κ3) is 2.33. The van der Waals surface area contributed by atoms with Crippen LogP contribution >= 0.6 is 11.3 Å². The fraction of sp³-hybridized carbons (Fsp3) is 0.786. The van der Waals surface area contributed by atoms with Crippen LogP contribution in [0.15, 0.2) is 5.38 Å². The highest BCUT2D eigenvalue weighted by molar-refractivity contribution is 7.09. The third-order valence-electron chi connectivity index (χ3n) is 4.62. The monoisotopic (exact) mass is 279 g/mol. The van der Waals surface area contributed by atoms with E-state index in [-0.39, 0.29) is 6.10 Å². The molecule has 4 heterocycles. The smallest absolute Gasteiger partial charge is 0.123 e. The van der Waals surface area contributed by atoms with Crippen molar-refractivity contribution >= 4 is 11.3 Å². The number of thiazole rings is 1. The van der Waals surface area contributed by atoms with Gasteiger partial charge < -0.3 is 10.1 Å². The van der Waals surface area contributed by atoms with E-state index in [9.17, 15) is 0 Å². The number of aromatic nitrogens is 1. The fourth-order valence-corrected chi connectivity index (χ4v) is 4.42. The molecule has 19 heavy (non-hydrogen) atoms. The average Bonchev–Trinajstić information content (AvgIpc) is 3.18. The number of hydrogen-bond acceptors (Lipinski definition) is 5. The van der Waals surface area contributed by atoms with Gasteiger partial charge in [0.15, 0.2) is 0 Å². The van der Waals surface area contributed by atoms with E-state index in [2.05, 4.69) is 15.6 Å². The average molecular weight is 279 g/mol. The normalized spacial score (nSPS) is 35.7. The number of ether oxygens (including phenoxy) is 1. The minimum Gasteiger partial charge on any atom is -0.368 e. The van der Waals surface area contributed by atoms with Gasteiger partial charge in [0.2, 0.25) is 0 Å². The summed E-state index contributed by atoms with van der Waals surface area (Å²) in [5.41, 5.74) is 1.23. The molecule has 0 spiro atoms. The Morgan fingerprint density at radius 3 is 3.26 bits per heavy atom. The molecule has 3 unspecified atom stereocenters. The maximum absolute atomic E-state index is 6.04. The molecule has 0 saturated carbocycles. The van der Waals surface area contributed by atoms with Crippen LogP contribution in [0, 0.1) is 0 Å². The van der Waals surface area contributed by atoms with E-state index in [1.165, 1.54) is 42.9 Å². The second-order valence-corrected chi connectivity index (χ2v) is 6.76. The van der Waals surface area contributed by atoms with Crippen LogP contribution in [-0.2, 0) is 4.74 Å². The van der Waals surface area contributed by atoms with Crippen LogP contribution in [0.4, 0.5) is 0 Å². The molecule has 0 aromatic carbocycles. The van der Waals surface area contributed by atoms with Crippen molar-refractivity contribution in [1.82, 2.24) is 15.2 Å². The molecule has 1 aromatic rings. The molecular weight excluding hydrogens is 258 g/mol. The molecule has 1 N–H and O–H groups in total. The summed E-state index contributed by atoms with van der Waals surface area (Å²) in [6.07, 6.45) is 5.34. The summed E-state index contributed by atoms with van der Waals surface area (Å²) >= 11 is 1.77. The lowest BCUT2D eigenvalue weighted by Crippen LogP contribution is -2.42. The first kappa shape index (κ1) is 12.3. The number of morpholine rings is 1. The van der Waals surface area contributed by atoms with Gasteiger partial charge in [0, 0.05) is 18.0 Å². The molecule has 0 radical (unpaired) electrons. The Kier molecular flexibility index (Phi) is 3.31. The zero-order valence-electron chi connectivity index (χ0n) is 11.2. The van der Waals surface area contributed by atoms with Crippen LogP contribution in [0.1, 0.15) is 48.5 Å². The molecule has 3 atom stereocenters. The van der Waals surface area contributed by atoms with Crippen molar-refractivity contribution in [3.63, 3.8) is 0 Å². The van der Waals surface area contributed by atoms with Gasteiger partial charge in [-0.05, 0) is 38.8 Å². The van der Waals surface area contributed by atoms with Crippen LogP contribution < -0.4 is 5.32 Å². The van der Waals surface area contributed by atoms with Gasteiger partial charge >= 0.3 is 0 Å². The molecular formula is C14H21N3OS. The largest absolute Gasteiger partial charge is 0.368 e. The zero-order chi connectivity index (χ0) is 12.7. The minimum absolute atomic E-state index is 0.203. The molecule has 0 bridgehead atoms. The Hall–Kier alpha value is -0.490. The molecule has 104 valence electrons. The Balaban J connectivity index is 1.47. The van der Waals surface area contributed by atoms with Gasteiger partial charge in [0.25, 0.3) is 0 Å². The molecule has 5 heteroatoms. The number of hydrogen-bond donors (Lipinski definition) is 1. The first-order valence-electron chi connectivity index (χ1n) is 7.44. The lowest BCUT2D eigenvalue weighted by Gasteiger charge is -2.34.